The first kappa shape index (κ1) is 18.5. The van der Waals surface area contributed by atoms with Gasteiger partial charge in [0.15, 0.2) is 0 Å². The molecule has 6 heteroatoms. The van der Waals surface area contributed by atoms with E-state index in [1.54, 1.807) is 17.7 Å². The Morgan fingerprint density at radius 1 is 1.04 bits per heavy atom. The molecular weight excluding hydrogens is 384 g/mol. The van der Waals surface area contributed by atoms with Crippen LogP contribution < -0.4 is 5.32 Å². The average Bonchev–Trinajstić information content (AvgIpc) is 3.15. The number of aromatic nitrogens is 2. The topological polar surface area (TPSA) is 61.6 Å². The second-order valence-electron chi connectivity index (χ2n) is 6.67. The molecule has 2 aromatic carbocycles. The lowest BCUT2D eigenvalue weighted by atomic mass is 9.99. The smallest absolute Gasteiger partial charge is 0.143 e. The first-order valence-corrected chi connectivity index (χ1v) is 10.6. The number of thiocyanates is 1. The van der Waals surface area contributed by atoms with E-state index in [9.17, 15) is 0 Å². The summed E-state index contributed by atoms with van der Waals surface area (Å²) in [5.41, 5.74) is 4.55. The van der Waals surface area contributed by atoms with Gasteiger partial charge in [-0.05, 0) is 53.1 Å². The second kappa shape index (κ2) is 8.01. The van der Waals surface area contributed by atoms with Gasteiger partial charge < -0.3 is 5.32 Å². The zero-order chi connectivity index (χ0) is 19.5. The Balaban J connectivity index is 1.71. The number of rotatable bonds is 5. The molecule has 0 atom stereocenters. The standard InChI is InChI=1S/C22H18N4S2/c1-14(2)15-3-5-16(6-4-15)19-11-27-22-20(19)21(24-13-25-22)26-17-7-9-18(10-8-17)28-12-23/h3-11,13-14H,1-2H3,(H,24,25,26). The summed E-state index contributed by atoms with van der Waals surface area (Å²) < 4.78 is 0. The third-order valence-corrected chi connectivity index (χ3v) is 6.02. The third kappa shape index (κ3) is 3.72. The minimum atomic E-state index is 0.510. The molecule has 4 nitrogen and oxygen atoms in total. The lowest BCUT2D eigenvalue weighted by molar-refractivity contribution is 0.867. The maximum atomic E-state index is 8.79. The monoisotopic (exact) mass is 402 g/mol. The van der Waals surface area contributed by atoms with Gasteiger partial charge in [0.25, 0.3) is 0 Å². The summed E-state index contributed by atoms with van der Waals surface area (Å²) in [7, 11) is 0. The summed E-state index contributed by atoms with van der Waals surface area (Å²) in [6, 6.07) is 16.5. The van der Waals surface area contributed by atoms with Gasteiger partial charge in [-0.25, -0.2) is 9.97 Å². The van der Waals surface area contributed by atoms with Crippen LogP contribution in [0.5, 0.6) is 0 Å². The molecular formula is C22H18N4S2. The average molecular weight is 403 g/mol. The van der Waals surface area contributed by atoms with Gasteiger partial charge in [-0.15, -0.1) is 11.3 Å². The molecule has 0 aliphatic carbocycles. The summed E-state index contributed by atoms with van der Waals surface area (Å²) in [6.45, 7) is 4.40. The molecule has 2 heterocycles. The van der Waals surface area contributed by atoms with Crippen molar-refractivity contribution in [3.63, 3.8) is 0 Å². The number of thiophene rings is 1. The molecule has 1 N–H and O–H groups in total. The Bertz CT molecular complexity index is 1140. The number of hydrogen-bond acceptors (Lipinski definition) is 6. The molecule has 28 heavy (non-hydrogen) atoms. The van der Waals surface area contributed by atoms with Crippen molar-refractivity contribution in [2.45, 2.75) is 24.7 Å². The van der Waals surface area contributed by atoms with Crippen LogP contribution in [-0.4, -0.2) is 9.97 Å². The summed E-state index contributed by atoms with van der Waals surface area (Å²) >= 11 is 2.77. The third-order valence-electron chi connectivity index (χ3n) is 4.54. The molecule has 138 valence electrons. The number of nitriles is 1. The lowest BCUT2D eigenvalue weighted by Crippen LogP contribution is -1.95. The van der Waals surface area contributed by atoms with E-state index in [4.69, 9.17) is 5.26 Å². The van der Waals surface area contributed by atoms with Crippen LogP contribution in [0.2, 0.25) is 0 Å². The van der Waals surface area contributed by atoms with Gasteiger partial charge in [-0.1, -0.05) is 38.1 Å². The number of hydrogen-bond donors (Lipinski definition) is 1. The lowest BCUT2D eigenvalue weighted by Gasteiger charge is -2.10. The van der Waals surface area contributed by atoms with E-state index < -0.39 is 0 Å². The van der Waals surface area contributed by atoms with Crippen LogP contribution in [0.4, 0.5) is 11.5 Å². The Morgan fingerprint density at radius 2 is 1.79 bits per heavy atom. The zero-order valence-electron chi connectivity index (χ0n) is 15.5. The van der Waals surface area contributed by atoms with E-state index in [2.05, 4.69) is 64.2 Å². The van der Waals surface area contributed by atoms with Crippen LogP contribution in [0, 0.1) is 10.7 Å². The van der Waals surface area contributed by atoms with Crippen molar-refractivity contribution in [3.8, 4) is 16.5 Å². The van der Waals surface area contributed by atoms with Gasteiger partial charge in [0.05, 0.1) is 5.39 Å². The van der Waals surface area contributed by atoms with Gasteiger partial charge in [-0.2, -0.15) is 5.26 Å². The van der Waals surface area contributed by atoms with Gasteiger partial charge in [-0.3, -0.25) is 0 Å². The number of fused-ring (bicyclic) bond motifs is 1. The molecule has 0 amide bonds. The van der Waals surface area contributed by atoms with Crippen molar-refractivity contribution in [2.75, 3.05) is 5.32 Å². The number of nitrogens with one attached hydrogen (secondary N) is 1. The van der Waals surface area contributed by atoms with E-state index in [0.717, 1.165) is 49.5 Å². The summed E-state index contributed by atoms with van der Waals surface area (Å²) in [4.78, 5) is 10.8. The van der Waals surface area contributed by atoms with E-state index in [-0.39, 0.29) is 0 Å². The fraction of sp³-hybridized carbons (Fsp3) is 0.136. The van der Waals surface area contributed by atoms with E-state index in [1.807, 2.05) is 24.3 Å². The van der Waals surface area contributed by atoms with Crippen molar-refractivity contribution in [1.29, 1.82) is 5.26 Å². The van der Waals surface area contributed by atoms with Gasteiger partial charge in [0.1, 0.15) is 22.4 Å². The molecule has 0 spiro atoms. The molecule has 0 radical (unpaired) electrons. The molecule has 4 aromatic rings. The Morgan fingerprint density at radius 3 is 2.46 bits per heavy atom. The molecule has 0 aliphatic heterocycles. The second-order valence-corrected chi connectivity index (χ2v) is 8.39. The first-order chi connectivity index (χ1) is 13.7. The number of anilines is 2. The highest BCUT2D eigenvalue weighted by molar-refractivity contribution is 8.03. The predicted octanol–water partition coefficient (Wildman–Crippen LogP) is 6.80. The Kier molecular flexibility index (Phi) is 5.29. The quantitative estimate of drug-likeness (QED) is 0.294. The maximum absolute atomic E-state index is 8.79. The van der Waals surface area contributed by atoms with Crippen LogP contribution in [0.15, 0.2) is 65.1 Å². The highest BCUT2D eigenvalue weighted by Gasteiger charge is 2.13. The number of thioether (sulfide) groups is 1. The van der Waals surface area contributed by atoms with Crippen LogP contribution in [-0.2, 0) is 0 Å². The van der Waals surface area contributed by atoms with Crippen molar-refractivity contribution in [2.24, 2.45) is 0 Å². The van der Waals surface area contributed by atoms with E-state index in [1.165, 1.54) is 5.56 Å². The molecule has 4 rings (SSSR count). The predicted molar refractivity (Wildman–Crippen MR) is 118 cm³/mol. The molecule has 0 saturated heterocycles. The van der Waals surface area contributed by atoms with Gasteiger partial charge >= 0.3 is 0 Å². The van der Waals surface area contributed by atoms with Crippen molar-refractivity contribution in [1.82, 2.24) is 9.97 Å². The van der Waals surface area contributed by atoms with E-state index >= 15 is 0 Å². The SMILES string of the molecule is CC(C)c1ccc(-c2csc3ncnc(Nc4ccc(SC#N)cc4)c23)cc1. The maximum Gasteiger partial charge on any atom is 0.143 e. The molecule has 0 aliphatic rings. The summed E-state index contributed by atoms with van der Waals surface area (Å²) in [5, 5.41) is 17.4. The highest BCUT2D eigenvalue weighted by atomic mass is 32.2. The largest absolute Gasteiger partial charge is 0.340 e. The van der Waals surface area contributed by atoms with Crippen LogP contribution in [0.1, 0.15) is 25.3 Å². The number of nitrogens with zero attached hydrogens (tertiary/aromatic N) is 3. The first-order valence-electron chi connectivity index (χ1n) is 8.91. The van der Waals surface area contributed by atoms with Crippen LogP contribution in [0.3, 0.4) is 0 Å². The van der Waals surface area contributed by atoms with Gasteiger partial charge in [0.2, 0.25) is 0 Å². The Labute approximate surface area is 172 Å². The van der Waals surface area contributed by atoms with Gasteiger partial charge in [0, 0.05) is 21.5 Å². The molecule has 0 saturated carbocycles. The number of benzene rings is 2. The minimum Gasteiger partial charge on any atom is -0.340 e. The normalized spacial score (nSPS) is 10.9. The zero-order valence-corrected chi connectivity index (χ0v) is 17.1. The summed E-state index contributed by atoms with van der Waals surface area (Å²) in [6.07, 6.45) is 1.59. The summed E-state index contributed by atoms with van der Waals surface area (Å²) in [5.74, 6) is 1.30. The Hall–Kier alpha value is -2.88. The van der Waals surface area contributed by atoms with Crippen molar-refractivity contribution >= 4 is 44.8 Å². The van der Waals surface area contributed by atoms with Crippen molar-refractivity contribution < 1.29 is 0 Å². The minimum absolute atomic E-state index is 0.510. The fourth-order valence-electron chi connectivity index (χ4n) is 3.03. The van der Waals surface area contributed by atoms with Crippen molar-refractivity contribution in [3.05, 3.63) is 65.8 Å². The fourth-order valence-corrected chi connectivity index (χ4v) is 4.32. The van der Waals surface area contributed by atoms with E-state index in [0.29, 0.717) is 5.92 Å². The molecule has 2 aromatic heterocycles. The highest BCUT2D eigenvalue weighted by Crippen LogP contribution is 2.37. The van der Waals surface area contributed by atoms with Crippen LogP contribution in [0.25, 0.3) is 21.3 Å². The molecule has 0 unspecified atom stereocenters. The van der Waals surface area contributed by atoms with Crippen LogP contribution >= 0.6 is 23.1 Å². The molecule has 0 bridgehead atoms. The molecule has 0 fully saturated rings.